The number of H-pyrrole nitrogens is 1. The van der Waals surface area contributed by atoms with Crippen molar-refractivity contribution < 1.29 is 17.9 Å². The van der Waals surface area contributed by atoms with Gasteiger partial charge in [-0.2, -0.15) is 9.40 Å². The van der Waals surface area contributed by atoms with Crippen molar-refractivity contribution in [3.63, 3.8) is 0 Å². The molecule has 1 N–H and O–H groups in total. The van der Waals surface area contributed by atoms with Crippen LogP contribution in [0.3, 0.4) is 0 Å². The number of hydrogen-bond donors (Lipinski definition) is 1. The molecule has 0 aromatic carbocycles. The number of esters is 1. The minimum Gasteiger partial charge on any atom is -0.462 e. The molecule has 2 aliphatic rings. The van der Waals surface area contributed by atoms with Crippen LogP contribution >= 0.6 is 0 Å². The smallest absolute Gasteiger partial charge is 0.342 e. The average molecular weight is 370 g/mol. The molecule has 1 saturated heterocycles. The molecule has 3 rings (SSSR count). The maximum Gasteiger partial charge on any atom is 0.342 e. The van der Waals surface area contributed by atoms with E-state index in [1.807, 2.05) is 0 Å². The van der Waals surface area contributed by atoms with Gasteiger partial charge in [0.2, 0.25) is 0 Å². The van der Waals surface area contributed by atoms with E-state index in [0.717, 1.165) is 13.1 Å². The summed E-state index contributed by atoms with van der Waals surface area (Å²) < 4.78 is 32.1. The fourth-order valence-corrected chi connectivity index (χ4v) is 5.19. The van der Waals surface area contributed by atoms with Crippen LogP contribution in [0.4, 0.5) is 0 Å². The largest absolute Gasteiger partial charge is 0.462 e. The van der Waals surface area contributed by atoms with Gasteiger partial charge in [-0.3, -0.25) is 10.00 Å². The SMILES string of the molecule is CCOC(=O)c1cn[nH]c1S(=O)(=O)N1CCN(C2CCCCC2)CC1. The summed E-state index contributed by atoms with van der Waals surface area (Å²) in [6.45, 7) is 4.18. The molecule has 2 fully saturated rings. The van der Waals surface area contributed by atoms with E-state index in [9.17, 15) is 13.2 Å². The Hall–Kier alpha value is -1.45. The van der Waals surface area contributed by atoms with Gasteiger partial charge in [0.05, 0.1) is 12.8 Å². The quantitative estimate of drug-likeness (QED) is 0.783. The number of piperazine rings is 1. The predicted octanol–water partition coefficient (Wildman–Crippen LogP) is 1.23. The summed E-state index contributed by atoms with van der Waals surface area (Å²) in [4.78, 5) is 14.3. The van der Waals surface area contributed by atoms with Crippen molar-refractivity contribution in [1.29, 1.82) is 0 Å². The maximum atomic E-state index is 12.9. The predicted molar refractivity (Wildman–Crippen MR) is 91.7 cm³/mol. The van der Waals surface area contributed by atoms with Crippen molar-refractivity contribution in [3.05, 3.63) is 11.8 Å². The highest BCUT2D eigenvalue weighted by Crippen LogP contribution is 2.25. The standard InChI is InChI=1S/C16H26N4O4S/c1-2-24-16(21)14-12-17-18-15(14)25(22,23)20-10-8-19(9-11-20)13-6-4-3-5-7-13/h12-13H,2-11H2,1H3,(H,17,18). The molecule has 0 unspecified atom stereocenters. The van der Waals surface area contributed by atoms with Gasteiger partial charge < -0.3 is 4.74 Å². The van der Waals surface area contributed by atoms with Crippen LogP contribution in [0.25, 0.3) is 0 Å². The molecule has 9 heteroatoms. The molecule has 8 nitrogen and oxygen atoms in total. The zero-order chi connectivity index (χ0) is 17.9. The molecular formula is C16H26N4O4S. The lowest BCUT2D eigenvalue weighted by atomic mass is 9.94. The lowest BCUT2D eigenvalue weighted by Crippen LogP contribution is -2.52. The Labute approximate surface area is 148 Å². The topological polar surface area (TPSA) is 95.6 Å². The Morgan fingerprint density at radius 1 is 1.24 bits per heavy atom. The van der Waals surface area contributed by atoms with E-state index < -0.39 is 16.0 Å². The van der Waals surface area contributed by atoms with Crippen LogP contribution in [0, 0.1) is 0 Å². The molecular weight excluding hydrogens is 344 g/mol. The number of aromatic nitrogens is 2. The summed E-state index contributed by atoms with van der Waals surface area (Å²) in [5, 5.41) is 6.03. The van der Waals surface area contributed by atoms with Gasteiger partial charge in [-0.15, -0.1) is 0 Å². The summed E-state index contributed by atoms with van der Waals surface area (Å²) in [6.07, 6.45) is 7.46. The van der Waals surface area contributed by atoms with Gasteiger partial charge >= 0.3 is 5.97 Å². The number of hydrogen-bond acceptors (Lipinski definition) is 6. The number of aromatic amines is 1. The zero-order valence-corrected chi connectivity index (χ0v) is 15.4. The first-order valence-electron chi connectivity index (χ1n) is 8.98. The maximum absolute atomic E-state index is 12.9. The van der Waals surface area contributed by atoms with Gasteiger partial charge in [0.15, 0.2) is 5.03 Å². The lowest BCUT2D eigenvalue weighted by molar-refractivity contribution is 0.0521. The fraction of sp³-hybridized carbons (Fsp3) is 0.750. The third kappa shape index (κ3) is 3.88. The van der Waals surface area contributed by atoms with Crippen molar-refractivity contribution in [2.24, 2.45) is 0 Å². The molecule has 0 amide bonds. The van der Waals surface area contributed by atoms with Crippen LogP contribution in [0.2, 0.25) is 0 Å². The normalized spacial score (nSPS) is 21.3. The summed E-state index contributed by atoms with van der Waals surface area (Å²) in [7, 11) is -3.78. The van der Waals surface area contributed by atoms with Crippen LogP contribution < -0.4 is 0 Å². The van der Waals surface area contributed by atoms with E-state index in [1.54, 1.807) is 6.92 Å². The second-order valence-electron chi connectivity index (χ2n) is 6.57. The van der Waals surface area contributed by atoms with Crippen LogP contribution in [0.5, 0.6) is 0 Å². The second kappa shape index (κ2) is 7.84. The molecule has 25 heavy (non-hydrogen) atoms. The van der Waals surface area contributed by atoms with E-state index >= 15 is 0 Å². The Bertz CT molecular complexity index is 689. The highest BCUT2D eigenvalue weighted by atomic mass is 32.2. The van der Waals surface area contributed by atoms with E-state index in [2.05, 4.69) is 15.1 Å². The molecule has 2 heterocycles. The molecule has 0 radical (unpaired) electrons. The van der Waals surface area contributed by atoms with E-state index in [1.165, 1.54) is 42.6 Å². The minimum atomic E-state index is -3.78. The summed E-state index contributed by atoms with van der Waals surface area (Å²) in [5.74, 6) is -0.671. The Kier molecular flexibility index (Phi) is 5.75. The number of carbonyl (C=O) groups is 1. The second-order valence-corrected chi connectivity index (χ2v) is 8.44. The van der Waals surface area contributed by atoms with Crippen molar-refractivity contribution in [3.8, 4) is 0 Å². The number of rotatable bonds is 5. The third-order valence-corrected chi connectivity index (χ3v) is 6.93. The molecule has 0 bridgehead atoms. The fourth-order valence-electron chi connectivity index (χ4n) is 3.71. The molecule has 1 saturated carbocycles. The zero-order valence-electron chi connectivity index (χ0n) is 14.6. The van der Waals surface area contributed by atoms with Crippen molar-refractivity contribution >= 4 is 16.0 Å². The van der Waals surface area contributed by atoms with Gasteiger partial charge in [0, 0.05) is 32.2 Å². The molecule has 1 aromatic heterocycles. The Balaban J connectivity index is 1.68. The molecule has 1 aliphatic carbocycles. The first-order valence-corrected chi connectivity index (χ1v) is 10.4. The third-order valence-electron chi connectivity index (χ3n) is 5.06. The highest BCUT2D eigenvalue weighted by Gasteiger charge is 2.35. The van der Waals surface area contributed by atoms with E-state index in [0.29, 0.717) is 19.1 Å². The highest BCUT2D eigenvalue weighted by molar-refractivity contribution is 7.89. The number of nitrogens with one attached hydrogen (secondary N) is 1. The van der Waals surface area contributed by atoms with E-state index in [-0.39, 0.29) is 17.2 Å². The van der Waals surface area contributed by atoms with Gasteiger partial charge in [0.25, 0.3) is 10.0 Å². The molecule has 0 atom stereocenters. The first kappa shape index (κ1) is 18.3. The Morgan fingerprint density at radius 3 is 2.56 bits per heavy atom. The molecule has 140 valence electrons. The van der Waals surface area contributed by atoms with E-state index in [4.69, 9.17) is 4.74 Å². The number of nitrogens with zero attached hydrogens (tertiary/aromatic N) is 3. The van der Waals surface area contributed by atoms with Gasteiger partial charge in [-0.1, -0.05) is 19.3 Å². The van der Waals surface area contributed by atoms with Crippen LogP contribution in [-0.4, -0.2) is 72.6 Å². The van der Waals surface area contributed by atoms with Crippen molar-refractivity contribution in [2.45, 2.75) is 50.1 Å². The average Bonchev–Trinajstić information content (AvgIpc) is 3.14. The number of carbonyl (C=O) groups excluding carboxylic acids is 1. The van der Waals surface area contributed by atoms with Gasteiger partial charge in [0.1, 0.15) is 5.56 Å². The molecule has 0 spiro atoms. The first-order chi connectivity index (χ1) is 12.0. The van der Waals surface area contributed by atoms with Gasteiger partial charge in [-0.05, 0) is 19.8 Å². The van der Waals surface area contributed by atoms with Crippen LogP contribution in [-0.2, 0) is 14.8 Å². The van der Waals surface area contributed by atoms with Crippen molar-refractivity contribution in [2.75, 3.05) is 32.8 Å². The van der Waals surface area contributed by atoms with Crippen LogP contribution in [0.1, 0.15) is 49.4 Å². The summed E-state index contributed by atoms with van der Waals surface area (Å²) >= 11 is 0. The Morgan fingerprint density at radius 2 is 1.92 bits per heavy atom. The molecule has 1 aliphatic heterocycles. The monoisotopic (exact) mass is 370 g/mol. The summed E-state index contributed by atoms with van der Waals surface area (Å²) in [6, 6.07) is 0.584. The van der Waals surface area contributed by atoms with Crippen molar-refractivity contribution in [1.82, 2.24) is 19.4 Å². The summed E-state index contributed by atoms with van der Waals surface area (Å²) in [5.41, 5.74) is -0.0310. The van der Waals surface area contributed by atoms with Gasteiger partial charge in [-0.25, -0.2) is 13.2 Å². The minimum absolute atomic E-state index is 0.0310. The lowest BCUT2D eigenvalue weighted by Gasteiger charge is -2.40. The van der Waals surface area contributed by atoms with Crippen LogP contribution in [0.15, 0.2) is 11.2 Å². The molecule has 1 aromatic rings. The number of sulfonamides is 1. The number of ether oxygens (including phenoxy) is 1.